The number of fused-ring (bicyclic) bond motifs is 1. The molecule has 0 bridgehead atoms. The molecule has 0 fully saturated rings. The number of ether oxygens (including phenoxy) is 1. The van der Waals surface area contributed by atoms with Crippen molar-refractivity contribution < 1.29 is 4.74 Å². The first-order valence-corrected chi connectivity index (χ1v) is 11.0. The number of methoxy groups -OCH3 is 1. The minimum atomic E-state index is 0.116. The molecule has 0 radical (unpaired) electrons. The Bertz CT molecular complexity index is 1450. The van der Waals surface area contributed by atoms with E-state index < -0.39 is 0 Å². The van der Waals surface area contributed by atoms with Gasteiger partial charge in [-0.15, -0.1) is 0 Å². The summed E-state index contributed by atoms with van der Waals surface area (Å²) in [4.78, 5) is 0. The summed E-state index contributed by atoms with van der Waals surface area (Å²) in [5, 5.41) is 13.6. The van der Waals surface area contributed by atoms with Crippen molar-refractivity contribution >= 4 is 5.52 Å². The largest absolute Gasteiger partial charge is 0.494 e. The molecule has 0 spiro atoms. The van der Waals surface area contributed by atoms with Gasteiger partial charge in [-0.05, 0) is 36.1 Å². The van der Waals surface area contributed by atoms with Gasteiger partial charge in [0.2, 0.25) is 0 Å². The molecule has 5 aromatic rings. The van der Waals surface area contributed by atoms with Crippen molar-refractivity contribution in [3.63, 3.8) is 0 Å². The van der Waals surface area contributed by atoms with Crippen LogP contribution in [0.4, 0.5) is 0 Å². The second kappa shape index (κ2) is 7.62. The second-order valence-corrected chi connectivity index (χ2v) is 9.40. The van der Waals surface area contributed by atoms with Crippen LogP contribution >= 0.6 is 0 Å². The molecule has 0 atom stereocenters. The zero-order valence-corrected chi connectivity index (χ0v) is 19.9. The van der Waals surface area contributed by atoms with E-state index in [9.17, 15) is 0 Å². The van der Waals surface area contributed by atoms with E-state index in [-0.39, 0.29) is 5.41 Å². The maximum absolute atomic E-state index is 5.78. The van der Waals surface area contributed by atoms with Crippen molar-refractivity contribution in [2.75, 3.05) is 7.11 Å². The fourth-order valence-electron chi connectivity index (χ4n) is 4.20. The van der Waals surface area contributed by atoms with Gasteiger partial charge in [0.25, 0.3) is 0 Å². The van der Waals surface area contributed by atoms with Crippen LogP contribution < -0.4 is 4.74 Å². The van der Waals surface area contributed by atoms with Crippen LogP contribution in [0.15, 0.2) is 61.3 Å². The van der Waals surface area contributed by atoms with Gasteiger partial charge in [-0.1, -0.05) is 32.9 Å². The van der Waals surface area contributed by atoms with Gasteiger partial charge in [0.1, 0.15) is 11.3 Å². The minimum Gasteiger partial charge on any atom is -0.494 e. The number of pyridine rings is 1. The fraction of sp³-hybridized carbons (Fsp3) is 0.269. The molecule has 0 aliphatic rings. The van der Waals surface area contributed by atoms with E-state index in [0.29, 0.717) is 0 Å². The van der Waals surface area contributed by atoms with E-state index in [1.54, 1.807) is 11.8 Å². The molecule has 0 aliphatic heterocycles. The van der Waals surface area contributed by atoms with E-state index >= 15 is 0 Å². The van der Waals surface area contributed by atoms with Gasteiger partial charge in [-0.2, -0.15) is 15.3 Å². The van der Waals surface area contributed by atoms with Gasteiger partial charge in [-0.25, -0.2) is 9.20 Å². The maximum atomic E-state index is 5.78. The van der Waals surface area contributed by atoms with E-state index in [4.69, 9.17) is 9.84 Å². The average molecular weight is 441 g/mol. The molecule has 168 valence electrons. The lowest BCUT2D eigenvalue weighted by atomic mass is 9.87. The highest BCUT2D eigenvalue weighted by Crippen LogP contribution is 2.36. The summed E-state index contributed by atoms with van der Waals surface area (Å²) in [6.07, 6.45) is 9.60. The number of rotatable bonds is 4. The van der Waals surface area contributed by atoms with Crippen molar-refractivity contribution in [3.8, 4) is 33.7 Å². The quantitative estimate of drug-likeness (QED) is 0.385. The molecule has 0 saturated carbocycles. The average Bonchev–Trinajstić information content (AvgIpc) is 3.50. The molecule has 1 aromatic carbocycles. The third-order valence-corrected chi connectivity index (χ3v) is 6.11. The topological polar surface area (TPSA) is 62.2 Å². The third-order valence-electron chi connectivity index (χ3n) is 6.11. The Morgan fingerprint density at radius 2 is 1.58 bits per heavy atom. The molecule has 7 nitrogen and oxygen atoms in total. The van der Waals surface area contributed by atoms with Crippen LogP contribution in [0.2, 0.25) is 0 Å². The molecule has 5 rings (SSSR count). The molecular weight excluding hydrogens is 412 g/mol. The van der Waals surface area contributed by atoms with Crippen molar-refractivity contribution in [1.29, 1.82) is 0 Å². The lowest BCUT2D eigenvalue weighted by Crippen LogP contribution is -2.11. The monoisotopic (exact) mass is 440 g/mol. The summed E-state index contributed by atoms with van der Waals surface area (Å²) in [5.41, 5.74) is 8.43. The minimum absolute atomic E-state index is 0.116. The molecule has 0 unspecified atom stereocenters. The van der Waals surface area contributed by atoms with Crippen LogP contribution in [0.1, 0.15) is 32.0 Å². The van der Waals surface area contributed by atoms with Crippen LogP contribution in [0.25, 0.3) is 33.5 Å². The second-order valence-electron chi connectivity index (χ2n) is 9.40. The number of nitrogens with zero attached hydrogens (tertiary/aromatic N) is 6. The van der Waals surface area contributed by atoms with E-state index in [1.165, 1.54) is 5.56 Å². The molecule has 7 heteroatoms. The lowest BCUT2D eigenvalue weighted by Gasteiger charge is -2.19. The molecule has 0 aliphatic carbocycles. The summed E-state index contributed by atoms with van der Waals surface area (Å²) in [6, 6.07) is 10.6. The summed E-state index contributed by atoms with van der Waals surface area (Å²) in [5.74, 6) is 0.755. The highest BCUT2D eigenvalue weighted by atomic mass is 16.5. The Morgan fingerprint density at radius 1 is 0.848 bits per heavy atom. The predicted molar refractivity (Wildman–Crippen MR) is 130 cm³/mol. The first-order valence-electron chi connectivity index (χ1n) is 11.0. The normalized spacial score (nSPS) is 11.9. The van der Waals surface area contributed by atoms with E-state index in [1.807, 2.05) is 53.3 Å². The van der Waals surface area contributed by atoms with Crippen LogP contribution in [-0.4, -0.2) is 36.3 Å². The number of hydrogen-bond donors (Lipinski definition) is 0. The summed E-state index contributed by atoms with van der Waals surface area (Å²) in [6.45, 7) is 8.74. The van der Waals surface area contributed by atoms with Crippen molar-refractivity contribution in [1.82, 2.24) is 29.2 Å². The highest BCUT2D eigenvalue weighted by molar-refractivity contribution is 5.87. The predicted octanol–water partition coefficient (Wildman–Crippen LogP) is 5.20. The van der Waals surface area contributed by atoms with Gasteiger partial charge < -0.3 is 4.74 Å². The lowest BCUT2D eigenvalue weighted by molar-refractivity contribution is 0.418. The molecule has 0 saturated heterocycles. The Hall–Kier alpha value is -3.87. The van der Waals surface area contributed by atoms with Gasteiger partial charge in [0.05, 0.1) is 31.4 Å². The van der Waals surface area contributed by atoms with Crippen LogP contribution in [0.5, 0.6) is 5.75 Å². The van der Waals surface area contributed by atoms with E-state index in [2.05, 4.69) is 62.2 Å². The first kappa shape index (κ1) is 21.0. The SMILES string of the molecule is COc1cc(-c2cnn(C)c2)cn2ncc(-c3cnn(-c4ccc(C(C)(C)C)cc4)c3C)c12. The Kier molecular flexibility index (Phi) is 4.85. The van der Waals surface area contributed by atoms with Gasteiger partial charge in [-0.3, -0.25) is 4.68 Å². The Labute approximate surface area is 193 Å². The maximum Gasteiger partial charge on any atom is 0.145 e. The fourth-order valence-corrected chi connectivity index (χ4v) is 4.20. The molecule has 4 aromatic heterocycles. The zero-order chi connectivity index (χ0) is 23.3. The van der Waals surface area contributed by atoms with Crippen LogP contribution in [0, 0.1) is 6.92 Å². The Balaban J connectivity index is 1.58. The Morgan fingerprint density at radius 3 is 2.21 bits per heavy atom. The molecule has 0 amide bonds. The van der Waals surface area contributed by atoms with Crippen molar-refractivity contribution in [2.45, 2.75) is 33.1 Å². The summed E-state index contributed by atoms with van der Waals surface area (Å²) >= 11 is 0. The smallest absolute Gasteiger partial charge is 0.145 e. The molecule has 4 heterocycles. The van der Waals surface area contributed by atoms with E-state index in [0.717, 1.165) is 44.9 Å². The summed E-state index contributed by atoms with van der Waals surface area (Å²) < 4.78 is 11.4. The number of aryl methyl sites for hydroxylation is 1. The van der Waals surface area contributed by atoms with Crippen molar-refractivity contribution in [3.05, 3.63) is 72.6 Å². The molecular formula is C26H28N6O. The highest BCUT2D eigenvalue weighted by Gasteiger charge is 2.19. The van der Waals surface area contributed by atoms with Gasteiger partial charge >= 0.3 is 0 Å². The van der Waals surface area contributed by atoms with Gasteiger partial charge in [0.15, 0.2) is 0 Å². The van der Waals surface area contributed by atoms with Crippen molar-refractivity contribution in [2.24, 2.45) is 7.05 Å². The number of benzene rings is 1. The summed E-state index contributed by atoms with van der Waals surface area (Å²) in [7, 11) is 3.59. The first-order chi connectivity index (χ1) is 15.8. The van der Waals surface area contributed by atoms with Crippen LogP contribution in [-0.2, 0) is 12.5 Å². The molecule has 0 N–H and O–H groups in total. The zero-order valence-electron chi connectivity index (χ0n) is 19.9. The standard InChI is InChI=1S/C26H28N6O/c1-17-22(13-29-32(17)21-9-7-20(8-10-21)26(2,3)4)23-14-28-31-16-18(11-24(33-6)25(23)31)19-12-27-30(5)15-19/h7-16H,1-6H3. The third kappa shape index (κ3) is 3.59. The number of aromatic nitrogens is 6. The van der Waals surface area contributed by atoms with Crippen LogP contribution in [0.3, 0.4) is 0 Å². The molecule has 33 heavy (non-hydrogen) atoms. The number of hydrogen-bond acceptors (Lipinski definition) is 4. The van der Waals surface area contributed by atoms with Gasteiger partial charge in [0, 0.05) is 47.4 Å².